The minimum absolute atomic E-state index is 0.0464. The van der Waals surface area contributed by atoms with E-state index in [4.69, 9.17) is 4.74 Å². The molecular weight excluding hydrogens is 292 g/mol. The molecule has 5 nitrogen and oxygen atoms in total. The fourth-order valence-electron chi connectivity index (χ4n) is 1.76. The van der Waals surface area contributed by atoms with E-state index in [-0.39, 0.29) is 5.69 Å². The fraction of sp³-hybridized carbons (Fsp3) is 0.200. The summed E-state index contributed by atoms with van der Waals surface area (Å²) in [6.07, 6.45) is 1.43. The van der Waals surface area contributed by atoms with Crippen LogP contribution >= 0.6 is 0 Å². The molecule has 1 heterocycles. The summed E-state index contributed by atoms with van der Waals surface area (Å²) in [6, 6.07) is 6.52. The number of anilines is 2. The maximum absolute atomic E-state index is 13.5. The van der Waals surface area contributed by atoms with Gasteiger partial charge in [0, 0.05) is 25.5 Å². The van der Waals surface area contributed by atoms with Gasteiger partial charge in [-0.3, -0.25) is 9.78 Å². The second-order valence-electron chi connectivity index (χ2n) is 4.40. The standard InChI is InChI=1S/C15H15F2N3O2/c1-22-8-7-18-10-5-6-19-13(9-10)15(21)20-14-11(16)3-2-4-12(14)17/h2-6,9H,7-8H2,1H3,(H,18,19)(H,20,21). The Labute approximate surface area is 126 Å². The van der Waals surface area contributed by atoms with Crippen molar-refractivity contribution in [1.82, 2.24) is 4.98 Å². The molecule has 0 aliphatic carbocycles. The molecular formula is C15H15F2N3O2. The number of para-hydroxylation sites is 1. The third-order valence-corrected chi connectivity index (χ3v) is 2.83. The average Bonchev–Trinajstić information content (AvgIpc) is 2.51. The van der Waals surface area contributed by atoms with Crippen LogP contribution in [0.25, 0.3) is 0 Å². The summed E-state index contributed by atoms with van der Waals surface area (Å²) in [5.74, 6) is -2.38. The molecule has 0 aliphatic rings. The number of pyridine rings is 1. The van der Waals surface area contributed by atoms with Crippen molar-refractivity contribution in [3.63, 3.8) is 0 Å². The first-order valence-corrected chi connectivity index (χ1v) is 6.56. The Hall–Kier alpha value is -2.54. The second kappa shape index (κ2) is 7.46. The van der Waals surface area contributed by atoms with Crippen molar-refractivity contribution in [1.29, 1.82) is 0 Å². The summed E-state index contributed by atoms with van der Waals surface area (Å²) in [5.41, 5.74) is 0.211. The zero-order chi connectivity index (χ0) is 15.9. The van der Waals surface area contributed by atoms with E-state index in [0.717, 1.165) is 12.1 Å². The molecule has 0 fully saturated rings. The Kier molecular flexibility index (Phi) is 5.37. The summed E-state index contributed by atoms with van der Waals surface area (Å²) >= 11 is 0. The van der Waals surface area contributed by atoms with Crippen molar-refractivity contribution < 1.29 is 18.3 Å². The number of halogens is 2. The van der Waals surface area contributed by atoms with Gasteiger partial charge in [-0.25, -0.2) is 8.78 Å². The van der Waals surface area contributed by atoms with Gasteiger partial charge < -0.3 is 15.4 Å². The lowest BCUT2D eigenvalue weighted by molar-refractivity contribution is 0.102. The minimum atomic E-state index is -0.845. The third kappa shape index (κ3) is 3.98. The first kappa shape index (κ1) is 15.8. The van der Waals surface area contributed by atoms with E-state index in [9.17, 15) is 13.6 Å². The van der Waals surface area contributed by atoms with Crippen LogP contribution in [0.1, 0.15) is 10.5 Å². The van der Waals surface area contributed by atoms with Gasteiger partial charge in [-0.05, 0) is 24.3 Å². The first-order chi connectivity index (χ1) is 10.6. The summed E-state index contributed by atoms with van der Waals surface area (Å²) in [6.45, 7) is 1.06. The van der Waals surface area contributed by atoms with Crippen LogP contribution in [0.15, 0.2) is 36.5 Å². The SMILES string of the molecule is COCCNc1ccnc(C(=O)Nc2c(F)cccc2F)c1. The lowest BCUT2D eigenvalue weighted by Gasteiger charge is -2.09. The normalized spacial score (nSPS) is 10.3. The van der Waals surface area contributed by atoms with Gasteiger partial charge in [-0.15, -0.1) is 0 Å². The van der Waals surface area contributed by atoms with Gasteiger partial charge in [-0.1, -0.05) is 6.07 Å². The Morgan fingerprint density at radius 3 is 2.68 bits per heavy atom. The number of benzene rings is 1. The molecule has 2 rings (SSSR count). The lowest BCUT2D eigenvalue weighted by Crippen LogP contribution is -2.16. The van der Waals surface area contributed by atoms with Crippen LogP contribution in [0, 0.1) is 11.6 Å². The number of nitrogens with one attached hydrogen (secondary N) is 2. The summed E-state index contributed by atoms with van der Waals surface area (Å²) in [4.78, 5) is 15.9. The fourth-order valence-corrected chi connectivity index (χ4v) is 1.76. The molecule has 2 N–H and O–H groups in total. The van der Waals surface area contributed by atoms with Crippen LogP contribution in [-0.2, 0) is 4.74 Å². The van der Waals surface area contributed by atoms with E-state index in [1.165, 1.54) is 18.3 Å². The van der Waals surface area contributed by atoms with E-state index in [0.29, 0.717) is 18.8 Å². The average molecular weight is 307 g/mol. The van der Waals surface area contributed by atoms with Crippen molar-refractivity contribution in [3.8, 4) is 0 Å². The molecule has 1 aromatic carbocycles. The first-order valence-electron chi connectivity index (χ1n) is 6.56. The molecule has 0 atom stereocenters. The molecule has 0 spiro atoms. The van der Waals surface area contributed by atoms with Crippen LogP contribution in [0.4, 0.5) is 20.2 Å². The largest absolute Gasteiger partial charge is 0.383 e. The predicted molar refractivity (Wildman–Crippen MR) is 78.9 cm³/mol. The number of amides is 1. The van der Waals surface area contributed by atoms with E-state index in [2.05, 4.69) is 15.6 Å². The van der Waals surface area contributed by atoms with Gasteiger partial charge in [0.1, 0.15) is 23.0 Å². The van der Waals surface area contributed by atoms with Crippen molar-refractivity contribution in [2.24, 2.45) is 0 Å². The highest BCUT2D eigenvalue weighted by molar-refractivity contribution is 6.03. The highest BCUT2D eigenvalue weighted by Crippen LogP contribution is 2.19. The Bertz CT molecular complexity index is 645. The molecule has 0 aliphatic heterocycles. The molecule has 7 heteroatoms. The van der Waals surface area contributed by atoms with Gasteiger partial charge >= 0.3 is 0 Å². The van der Waals surface area contributed by atoms with Crippen LogP contribution < -0.4 is 10.6 Å². The quantitative estimate of drug-likeness (QED) is 0.805. The Balaban J connectivity index is 2.11. The van der Waals surface area contributed by atoms with Crippen molar-refractivity contribution in [3.05, 3.63) is 53.9 Å². The van der Waals surface area contributed by atoms with Gasteiger partial charge in [-0.2, -0.15) is 0 Å². The number of aromatic nitrogens is 1. The number of hydrogen-bond acceptors (Lipinski definition) is 4. The number of carbonyl (C=O) groups excluding carboxylic acids is 1. The molecule has 0 saturated heterocycles. The van der Waals surface area contributed by atoms with Crippen LogP contribution in [0.3, 0.4) is 0 Å². The molecule has 0 unspecified atom stereocenters. The monoisotopic (exact) mass is 307 g/mol. The molecule has 1 aromatic heterocycles. The number of carbonyl (C=O) groups is 1. The number of ether oxygens (including phenoxy) is 1. The van der Waals surface area contributed by atoms with Gasteiger partial charge in [0.05, 0.1) is 6.61 Å². The van der Waals surface area contributed by atoms with E-state index >= 15 is 0 Å². The Morgan fingerprint density at radius 2 is 2.00 bits per heavy atom. The van der Waals surface area contributed by atoms with Crippen molar-refractivity contribution >= 4 is 17.3 Å². The highest BCUT2D eigenvalue weighted by atomic mass is 19.1. The maximum atomic E-state index is 13.5. The highest BCUT2D eigenvalue weighted by Gasteiger charge is 2.14. The molecule has 0 saturated carbocycles. The molecule has 1 amide bonds. The third-order valence-electron chi connectivity index (χ3n) is 2.83. The summed E-state index contributed by atoms with van der Waals surface area (Å²) < 4.78 is 31.9. The smallest absolute Gasteiger partial charge is 0.274 e. The Morgan fingerprint density at radius 1 is 1.27 bits per heavy atom. The lowest BCUT2D eigenvalue weighted by atomic mass is 10.2. The zero-order valence-electron chi connectivity index (χ0n) is 11.9. The number of hydrogen-bond donors (Lipinski definition) is 2. The van der Waals surface area contributed by atoms with E-state index in [1.54, 1.807) is 13.2 Å². The summed E-state index contributed by atoms with van der Waals surface area (Å²) in [7, 11) is 1.58. The number of rotatable bonds is 6. The van der Waals surface area contributed by atoms with Gasteiger partial charge in [0.25, 0.3) is 5.91 Å². The molecule has 0 radical (unpaired) electrons. The van der Waals surface area contributed by atoms with Crippen molar-refractivity contribution in [2.75, 3.05) is 30.9 Å². The van der Waals surface area contributed by atoms with E-state index in [1.807, 2.05) is 0 Å². The van der Waals surface area contributed by atoms with Gasteiger partial charge in [0.15, 0.2) is 0 Å². The molecule has 116 valence electrons. The number of methoxy groups -OCH3 is 1. The van der Waals surface area contributed by atoms with Crippen LogP contribution in [0.2, 0.25) is 0 Å². The molecule has 0 bridgehead atoms. The predicted octanol–water partition coefficient (Wildman–Crippen LogP) is 2.67. The van der Waals surface area contributed by atoms with Crippen LogP contribution in [0.5, 0.6) is 0 Å². The van der Waals surface area contributed by atoms with Crippen LogP contribution in [-0.4, -0.2) is 31.2 Å². The zero-order valence-corrected chi connectivity index (χ0v) is 11.9. The second-order valence-corrected chi connectivity index (χ2v) is 4.40. The molecule has 22 heavy (non-hydrogen) atoms. The van der Waals surface area contributed by atoms with Gasteiger partial charge in [0.2, 0.25) is 0 Å². The maximum Gasteiger partial charge on any atom is 0.274 e. The summed E-state index contributed by atoms with van der Waals surface area (Å²) in [5, 5.41) is 5.22. The van der Waals surface area contributed by atoms with Crippen molar-refractivity contribution in [2.45, 2.75) is 0 Å². The molecule has 2 aromatic rings. The van der Waals surface area contributed by atoms with E-state index < -0.39 is 23.2 Å². The number of nitrogens with zero attached hydrogens (tertiary/aromatic N) is 1. The topological polar surface area (TPSA) is 63.2 Å². The minimum Gasteiger partial charge on any atom is -0.383 e.